The minimum atomic E-state index is -0.850. The van der Waals surface area contributed by atoms with Crippen molar-refractivity contribution in [2.24, 2.45) is 0 Å². The molecular weight excluding hydrogens is 250 g/mol. The van der Waals surface area contributed by atoms with Gasteiger partial charge in [-0.3, -0.25) is 0 Å². The Morgan fingerprint density at radius 1 is 1.56 bits per heavy atom. The lowest BCUT2D eigenvalue weighted by atomic mass is 10.1. The lowest BCUT2D eigenvalue weighted by molar-refractivity contribution is -0.138. The van der Waals surface area contributed by atoms with Crippen LogP contribution in [0.3, 0.4) is 0 Å². The molecule has 18 heavy (non-hydrogen) atoms. The van der Waals surface area contributed by atoms with Gasteiger partial charge in [-0.05, 0) is 24.3 Å². The molecule has 0 aromatic carbocycles. The highest BCUT2D eigenvalue weighted by Gasteiger charge is 2.18. The fourth-order valence-corrected chi connectivity index (χ4v) is 2.73. The number of hydrogen-bond donors (Lipinski definition) is 2. The van der Waals surface area contributed by atoms with Crippen LogP contribution in [-0.2, 0) is 4.79 Å². The van der Waals surface area contributed by atoms with E-state index < -0.39 is 12.0 Å². The van der Waals surface area contributed by atoms with Gasteiger partial charge in [0.2, 0.25) is 0 Å². The Labute approximate surface area is 109 Å². The lowest BCUT2D eigenvalue weighted by Crippen LogP contribution is -2.29. The first-order valence-corrected chi connectivity index (χ1v) is 6.69. The van der Waals surface area contributed by atoms with Crippen LogP contribution >= 0.6 is 11.3 Å². The Morgan fingerprint density at radius 3 is 3.00 bits per heavy atom. The Morgan fingerprint density at radius 2 is 2.33 bits per heavy atom. The van der Waals surface area contributed by atoms with Crippen LogP contribution in [0.15, 0.2) is 11.7 Å². The van der Waals surface area contributed by atoms with E-state index >= 15 is 0 Å². The zero-order valence-electron chi connectivity index (χ0n) is 10.3. The van der Waals surface area contributed by atoms with Crippen molar-refractivity contribution in [1.29, 1.82) is 0 Å². The summed E-state index contributed by atoms with van der Waals surface area (Å²) in [5, 5.41) is 15.1. The maximum absolute atomic E-state index is 11.1. The smallest absolute Gasteiger partial charge is 0.326 e. The number of carboxylic acids is 1. The van der Waals surface area contributed by atoms with E-state index in [1.807, 2.05) is 19.2 Å². The van der Waals surface area contributed by atoms with Crippen LogP contribution in [0.25, 0.3) is 10.2 Å². The summed E-state index contributed by atoms with van der Waals surface area (Å²) in [6.45, 7) is 3.94. The number of anilines is 1. The molecular formula is C12H15N3O2S. The summed E-state index contributed by atoms with van der Waals surface area (Å²) in [5.74, 6) is -0.240. The fourth-order valence-electron chi connectivity index (χ4n) is 1.84. The molecule has 2 aromatic heterocycles. The van der Waals surface area contributed by atoms with E-state index in [-0.39, 0.29) is 0 Å². The summed E-state index contributed by atoms with van der Waals surface area (Å²) in [7, 11) is 0. The van der Waals surface area contributed by atoms with Crippen molar-refractivity contribution in [3.63, 3.8) is 0 Å². The van der Waals surface area contributed by atoms with Crippen molar-refractivity contribution in [3.05, 3.63) is 17.3 Å². The molecule has 2 N–H and O–H groups in total. The second-order valence-corrected chi connectivity index (χ2v) is 5.00. The van der Waals surface area contributed by atoms with Gasteiger partial charge in [-0.15, -0.1) is 11.3 Å². The largest absolute Gasteiger partial charge is 0.480 e. The van der Waals surface area contributed by atoms with Crippen LogP contribution in [0.4, 0.5) is 5.82 Å². The van der Waals surface area contributed by atoms with E-state index in [2.05, 4.69) is 15.3 Å². The second kappa shape index (κ2) is 5.30. The maximum Gasteiger partial charge on any atom is 0.326 e. The predicted molar refractivity (Wildman–Crippen MR) is 72.1 cm³/mol. The number of aryl methyl sites for hydroxylation is 1. The molecule has 0 saturated carbocycles. The Balaban J connectivity index is 2.35. The number of aliphatic carboxylic acids is 1. The van der Waals surface area contributed by atoms with Gasteiger partial charge in [0.05, 0.1) is 5.39 Å². The Kier molecular flexibility index (Phi) is 3.76. The molecule has 5 nitrogen and oxygen atoms in total. The highest BCUT2D eigenvalue weighted by molar-refractivity contribution is 7.17. The number of aromatic nitrogens is 2. The molecule has 0 bridgehead atoms. The highest BCUT2D eigenvalue weighted by atomic mass is 32.1. The molecule has 0 radical (unpaired) electrons. The molecule has 1 unspecified atom stereocenters. The molecule has 0 amide bonds. The third kappa shape index (κ3) is 2.43. The molecule has 2 aromatic rings. The minimum Gasteiger partial charge on any atom is -0.480 e. The molecule has 1 atom stereocenters. The molecule has 0 aliphatic heterocycles. The van der Waals surface area contributed by atoms with Gasteiger partial charge in [-0.1, -0.05) is 13.3 Å². The van der Waals surface area contributed by atoms with Crippen molar-refractivity contribution in [3.8, 4) is 0 Å². The molecule has 0 spiro atoms. The van der Waals surface area contributed by atoms with Crippen molar-refractivity contribution in [1.82, 2.24) is 9.97 Å². The number of rotatable bonds is 5. The average molecular weight is 265 g/mol. The summed E-state index contributed by atoms with van der Waals surface area (Å²) in [4.78, 5) is 20.4. The molecule has 2 heterocycles. The molecule has 2 rings (SSSR count). The van der Waals surface area contributed by atoms with Crippen LogP contribution in [0.2, 0.25) is 0 Å². The Bertz CT molecular complexity index is 567. The van der Waals surface area contributed by atoms with Crippen molar-refractivity contribution >= 4 is 33.3 Å². The summed E-state index contributed by atoms with van der Waals surface area (Å²) >= 11 is 1.54. The van der Waals surface area contributed by atoms with Crippen molar-refractivity contribution in [2.75, 3.05) is 5.32 Å². The molecule has 0 fully saturated rings. The normalized spacial score (nSPS) is 12.6. The Hall–Kier alpha value is -1.69. The van der Waals surface area contributed by atoms with Crippen LogP contribution < -0.4 is 5.32 Å². The third-order valence-corrected chi connectivity index (χ3v) is 3.74. The number of carbonyl (C=O) groups is 1. The van der Waals surface area contributed by atoms with Gasteiger partial charge in [0.25, 0.3) is 0 Å². The van der Waals surface area contributed by atoms with Gasteiger partial charge in [-0.25, -0.2) is 14.8 Å². The SMILES string of the molecule is CCCC(Nc1ncnc2scc(C)c12)C(=O)O. The third-order valence-electron chi connectivity index (χ3n) is 2.74. The molecule has 0 aliphatic rings. The number of nitrogens with one attached hydrogen (secondary N) is 1. The van der Waals surface area contributed by atoms with Crippen LogP contribution in [0.5, 0.6) is 0 Å². The van der Waals surface area contributed by atoms with E-state index in [0.29, 0.717) is 12.2 Å². The average Bonchev–Trinajstić information content (AvgIpc) is 2.71. The first-order valence-electron chi connectivity index (χ1n) is 5.81. The van der Waals surface area contributed by atoms with Gasteiger partial charge in [0.15, 0.2) is 0 Å². The summed E-state index contributed by atoms with van der Waals surface area (Å²) in [5.41, 5.74) is 1.07. The lowest BCUT2D eigenvalue weighted by Gasteiger charge is -2.14. The van der Waals surface area contributed by atoms with E-state index in [1.54, 1.807) is 0 Å². The fraction of sp³-hybridized carbons (Fsp3) is 0.417. The van der Waals surface area contributed by atoms with Crippen LogP contribution in [-0.4, -0.2) is 27.1 Å². The number of carboxylic acid groups (broad SMARTS) is 1. The number of thiophene rings is 1. The van der Waals surface area contributed by atoms with E-state index in [1.165, 1.54) is 17.7 Å². The second-order valence-electron chi connectivity index (χ2n) is 4.14. The zero-order valence-corrected chi connectivity index (χ0v) is 11.1. The number of hydrogen-bond acceptors (Lipinski definition) is 5. The van der Waals surface area contributed by atoms with Crippen LogP contribution in [0.1, 0.15) is 25.3 Å². The van der Waals surface area contributed by atoms with Gasteiger partial charge in [0.1, 0.15) is 23.0 Å². The molecule has 96 valence electrons. The molecule has 6 heteroatoms. The van der Waals surface area contributed by atoms with Crippen molar-refractivity contribution < 1.29 is 9.90 Å². The van der Waals surface area contributed by atoms with Crippen LogP contribution in [0, 0.1) is 6.92 Å². The van der Waals surface area contributed by atoms with E-state index in [4.69, 9.17) is 5.11 Å². The minimum absolute atomic E-state index is 0.573. The summed E-state index contributed by atoms with van der Waals surface area (Å²) < 4.78 is 0. The van der Waals surface area contributed by atoms with Gasteiger partial charge in [0, 0.05) is 0 Å². The quantitative estimate of drug-likeness (QED) is 0.869. The van der Waals surface area contributed by atoms with E-state index in [9.17, 15) is 4.79 Å². The van der Waals surface area contributed by atoms with Gasteiger partial charge < -0.3 is 10.4 Å². The first-order chi connectivity index (χ1) is 8.63. The molecule has 0 aliphatic carbocycles. The first kappa shape index (κ1) is 12.8. The number of nitrogens with zero attached hydrogens (tertiary/aromatic N) is 2. The van der Waals surface area contributed by atoms with Crippen molar-refractivity contribution in [2.45, 2.75) is 32.7 Å². The van der Waals surface area contributed by atoms with Gasteiger partial charge >= 0.3 is 5.97 Å². The maximum atomic E-state index is 11.1. The van der Waals surface area contributed by atoms with Gasteiger partial charge in [-0.2, -0.15) is 0 Å². The standard InChI is InChI=1S/C12H15N3O2S/c1-3-4-8(12(16)17)15-10-9-7(2)5-18-11(9)14-6-13-10/h5-6,8H,3-4H2,1-2H3,(H,16,17)(H,13,14,15). The summed E-state index contributed by atoms with van der Waals surface area (Å²) in [6.07, 6.45) is 2.84. The van der Waals surface area contributed by atoms with E-state index in [0.717, 1.165) is 22.2 Å². The number of fused-ring (bicyclic) bond motifs is 1. The topological polar surface area (TPSA) is 75.1 Å². The zero-order chi connectivity index (χ0) is 13.1. The summed E-state index contributed by atoms with van der Waals surface area (Å²) in [6, 6.07) is -0.604. The molecule has 0 saturated heterocycles. The predicted octanol–water partition coefficient (Wildman–Crippen LogP) is 2.66. The monoisotopic (exact) mass is 265 g/mol. The highest BCUT2D eigenvalue weighted by Crippen LogP contribution is 2.28.